The van der Waals surface area contributed by atoms with E-state index in [2.05, 4.69) is 21.0 Å². The van der Waals surface area contributed by atoms with E-state index in [4.69, 9.17) is 37.7 Å². The minimum Gasteiger partial charge on any atom is -0.508 e. The predicted octanol–water partition coefficient (Wildman–Crippen LogP) is 5.27. The van der Waals surface area contributed by atoms with Gasteiger partial charge in [0.2, 0.25) is 0 Å². The van der Waals surface area contributed by atoms with Crippen molar-refractivity contribution in [3.05, 3.63) is 46.9 Å². The van der Waals surface area contributed by atoms with E-state index < -0.39 is 5.82 Å². The van der Waals surface area contributed by atoms with E-state index in [0.717, 1.165) is 51.9 Å². The maximum Gasteiger partial charge on any atom is 0.319 e. The maximum absolute atomic E-state index is 14.9. The molecule has 4 aromatic rings. The molecule has 4 fully saturated rings. The fourth-order valence-electron chi connectivity index (χ4n) is 7.88. The number of pyridine rings is 1. The van der Waals surface area contributed by atoms with Gasteiger partial charge >= 0.3 is 6.01 Å². The molecule has 2 atom stereocenters. The molecule has 0 aliphatic carbocycles. The number of nitrogens with one attached hydrogen (secondary N) is 1. The van der Waals surface area contributed by atoms with Crippen molar-refractivity contribution in [1.82, 2.24) is 25.2 Å². The van der Waals surface area contributed by atoms with Gasteiger partial charge in [0.25, 0.3) is 0 Å². The van der Waals surface area contributed by atoms with Crippen LogP contribution in [0, 0.1) is 18.2 Å². The number of phenolic OH excluding ortho intramolecular Hbond substituents is 1. The van der Waals surface area contributed by atoms with Crippen molar-refractivity contribution in [1.29, 1.82) is 0 Å². The lowest BCUT2D eigenvalue weighted by Crippen LogP contribution is -2.51. The normalized spacial score (nSPS) is 22.8. The number of halogens is 2. The summed E-state index contributed by atoms with van der Waals surface area (Å²) < 4.78 is 21.3. The highest BCUT2D eigenvalue weighted by atomic mass is 35.5. The van der Waals surface area contributed by atoms with Crippen LogP contribution >= 0.6 is 11.6 Å². The molecule has 43 heavy (non-hydrogen) atoms. The van der Waals surface area contributed by atoms with Gasteiger partial charge in [0.1, 0.15) is 28.8 Å². The van der Waals surface area contributed by atoms with E-state index in [0.29, 0.717) is 63.5 Å². The van der Waals surface area contributed by atoms with Crippen LogP contribution in [0.2, 0.25) is 5.15 Å². The Morgan fingerprint density at radius 3 is 2.58 bits per heavy atom. The lowest BCUT2D eigenvalue weighted by atomic mass is 9.94. The first-order valence-electron chi connectivity index (χ1n) is 15.1. The average Bonchev–Trinajstić information content (AvgIpc) is 3.68. The number of benzene rings is 2. The molecule has 0 spiro atoms. The second kappa shape index (κ2) is 10.2. The fraction of sp³-hybridized carbons (Fsp3) is 0.424. The van der Waals surface area contributed by atoms with E-state index in [9.17, 15) is 9.50 Å². The fourth-order valence-corrected chi connectivity index (χ4v) is 8.12. The number of terminal acetylenes is 1. The number of hydrogen-bond acceptors (Lipinski definition) is 8. The molecule has 8 nitrogen and oxygen atoms in total. The van der Waals surface area contributed by atoms with Crippen LogP contribution in [0.4, 0.5) is 10.2 Å². The first-order valence-corrected chi connectivity index (χ1v) is 15.5. The van der Waals surface area contributed by atoms with Gasteiger partial charge in [-0.2, -0.15) is 9.97 Å². The topological polar surface area (TPSA) is 86.6 Å². The first kappa shape index (κ1) is 26.9. The lowest BCUT2D eigenvalue weighted by Gasteiger charge is -2.34. The number of hydrogen-bond donors (Lipinski definition) is 2. The van der Waals surface area contributed by atoms with Crippen molar-refractivity contribution in [2.24, 2.45) is 0 Å². The van der Waals surface area contributed by atoms with Crippen LogP contribution in [0.5, 0.6) is 11.8 Å². The van der Waals surface area contributed by atoms with Crippen molar-refractivity contribution in [2.75, 3.05) is 37.7 Å². The number of rotatable bonds is 5. The molecule has 2 N–H and O–H groups in total. The summed E-state index contributed by atoms with van der Waals surface area (Å²) in [7, 11) is 0. The third-order valence-corrected chi connectivity index (χ3v) is 10.2. The molecule has 0 amide bonds. The molecule has 6 heterocycles. The van der Waals surface area contributed by atoms with Gasteiger partial charge in [0.15, 0.2) is 5.82 Å². The summed E-state index contributed by atoms with van der Waals surface area (Å²) in [4.78, 5) is 19.5. The Morgan fingerprint density at radius 1 is 1.07 bits per heavy atom. The van der Waals surface area contributed by atoms with Crippen molar-refractivity contribution in [3.63, 3.8) is 0 Å². The van der Waals surface area contributed by atoms with E-state index in [1.54, 1.807) is 18.2 Å². The van der Waals surface area contributed by atoms with Gasteiger partial charge < -0.3 is 20.1 Å². The van der Waals surface area contributed by atoms with Gasteiger partial charge in [-0.25, -0.2) is 9.37 Å². The highest BCUT2D eigenvalue weighted by Crippen LogP contribution is 2.42. The number of piperazine rings is 1. The Balaban J connectivity index is 1.28. The second-order valence-electron chi connectivity index (χ2n) is 12.4. The van der Waals surface area contributed by atoms with Gasteiger partial charge in [-0.3, -0.25) is 4.90 Å². The summed E-state index contributed by atoms with van der Waals surface area (Å²) in [5, 5.41) is 15.5. The van der Waals surface area contributed by atoms with Crippen LogP contribution in [0.25, 0.3) is 32.9 Å². The van der Waals surface area contributed by atoms with Crippen molar-refractivity contribution >= 4 is 39.2 Å². The van der Waals surface area contributed by atoms with Crippen LogP contribution < -0.4 is 15.0 Å². The van der Waals surface area contributed by atoms with Crippen LogP contribution in [0.15, 0.2) is 30.3 Å². The van der Waals surface area contributed by atoms with Crippen LogP contribution in [0.1, 0.15) is 44.1 Å². The Labute approximate surface area is 254 Å². The molecular weight excluding hydrogens is 567 g/mol. The van der Waals surface area contributed by atoms with Gasteiger partial charge in [0.05, 0.1) is 16.6 Å². The second-order valence-corrected chi connectivity index (χ2v) is 12.8. The molecule has 2 unspecified atom stereocenters. The third-order valence-electron chi connectivity index (χ3n) is 9.87. The molecule has 8 rings (SSSR count). The van der Waals surface area contributed by atoms with Crippen molar-refractivity contribution in [2.45, 2.75) is 56.1 Å². The summed E-state index contributed by atoms with van der Waals surface area (Å²) in [6.07, 6.45) is 12.6. The average molecular weight is 599 g/mol. The van der Waals surface area contributed by atoms with Crippen molar-refractivity contribution < 1.29 is 14.2 Å². The highest BCUT2D eigenvalue weighted by Gasteiger charge is 2.45. The zero-order valence-corrected chi connectivity index (χ0v) is 24.5. The Kier molecular flexibility index (Phi) is 6.37. The Bertz CT molecular complexity index is 1800. The van der Waals surface area contributed by atoms with Gasteiger partial charge in [0, 0.05) is 36.1 Å². The summed E-state index contributed by atoms with van der Waals surface area (Å²) >= 11 is 6.89. The molecule has 2 bridgehead atoms. The van der Waals surface area contributed by atoms with Crippen LogP contribution in [0.3, 0.4) is 0 Å². The Hall–Kier alpha value is -3.71. The van der Waals surface area contributed by atoms with E-state index in [-0.39, 0.29) is 22.0 Å². The molecule has 4 saturated heterocycles. The monoisotopic (exact) mass is 598 g/mol. The lowest BCUT2D eigenvalue weighted by molar-refractivity contribution is 0.108. The largest absolute Gasteiger partial charge is 0.508 e. The van der Waals surface area contributed by atoms with Gasteiger partial charge in [-0.15, -0.1) is 6.42 Å². The maximum atomic E-state index is 14.9. The summed E-state index contributed by atoms with van der Waals surface area (Å²) in [6, 6.07) is 8.92. The predicted molar refractivity (Wildman–Crippen MR) is 165 cm³/mol. The number of phenols is 1. The number of ether oxygens (including phenoxy) is 1. The molecule has 4 aliphatic heterocycles. The molecule has 0 saturated carbocycles. The number of fused-ring (bicyclic) bond motifs is 5. The smallest absolute Gasteiger partial charge is 0.319 e. The number of aromatic hydroxyl groups is 1. The molecule has 0 radical (unpaired) electrons. The van der Waals surface area contributed by atoms with E-state index >= 15 is 0 Å². The van der Waals surface area contributed by atoms with Gasteiger partial charge in [-0.1, -0.05) is 23.6 Å². The first-order chi connectivity index (χ1) is 20.9. The minimum absolute atomic E-state index is 0.00821. The van der Waals surface area contributed by atoms with Crippen LogP contribution in [-0.2, 0) is 0 Å². The minimum atomic E-state index is -0.521. The van der Waals surface area contributed by atoms with Gasteiger partial charge in [-0.05, 0) is 86.8 Å². The molecule has 10 heteroatoms. The van der Waals surface area contributed by atoms with Crippen LogP contribution in [-0.4, -0.2) is 75.4 Å². The molecular formula is C33H32ClFN6O2. The summed E-state index contributed by atoms with van der Waals surface area (Å²) in [6.45, 7) is 4.38. The van der Waals surface area contributed by atoms with E-state index in [1.807, 2.05) is 6.07 Å². The number of anilines is 1. The summed E-state index contributed by atoms with van der Waals surface area (Å²) in [5.41, 5.74) is 2.26. The number of aromatic nitrogens is 3. The third kappa shape index (κ3) is 4.46. The zero-order valence-electron chi connectivity index (χ0n) is 23.7. The van der Waals surface area contributed by atoms with E-state index in [1.165, 1.54) is 18.9 Å². The molecule has 4 aliphatic rings. The summed E-state index contributed by atoms with van der Waals surface area (Å²) in [5.74, 6) is 2.67. The standard InChI is InChI=1S/C33H32ClFN6O2/c1-2-23-26(35)8-5-19-13-22(42)14-24(28(19)23)25-15-27-29(38-30(25)34)31(40-16-20-6-7-21(17-40)36-20)39-32(37-27)43-18-33-9-3-11-41(33)12-4-10-33/h1,5,8,13-15,20-21,36,42H,3-4,6-7,9-12,16-18H2. The number of nitrogens with zero attached hydrogens (tertiary/aromatic N) is 5. The molecule has 220 valence electrons. The Morgan fingerprint density at radius 2 is 1.84 bits per heavy atom. The molecule has 2 aromatic carbocycles. The zero-order chi connectivity index (χ0) is 29.3. The highest BCUT2D eigenvalue weighted by molar-refractivity contribution is 6.33. The van der Waals surface area contributed by atoms with Crippen molar-refractivity contribution in [3.8, 4) is 35.2 Å². The quantitative estimate of drug-likeness (QED) is 0.237. The SMILES string of the molecule is C#Cc1c(F)ccc2cc(O)cc(-c3cc4nc(OCC56CCCN5CCC6)nc(N5CC6CCC(C5)N6)c4nc3Cl)c12. The molecule has 2 aromatic heterocycles.